The zero-order valence-electron chi connectivity index (χ0n) is 18.2. The van der Waals surface area contributed by atoms with E-state index in [1.807, 2.05) is 43.3 Å². The van der Waals surface area contributed by atoms with Crippen molar-refractivity contribution in [2.24, 2.45) is 5.10 Å². The molecule has 0 fully saturated rings. The first-order chi connectivity index (χ1) is 15.9. The fourth-order valence-electron chi connectivity index (χ4n) is 4.81. The summed E-state index contributed by atoms with van der Waals surface area (Å²) in [5.41, 5.74) is 5.61. The van der Waals surface area contributed by atoms with Crippen LogP contribution in [0.4, 0.5) is 0 Å². The molecule has 2 amide bonds. The Kier molecular flexibility index (Phi) is 4.04. The minimum Gasteiger partial charge on any atom is -0.295 e. The van der Waals surface area contributed by atoms with Gasteiger partial charge in [0.05, 0.1) is 28.6 Å². The van der Waals surface area contributed by atoms with E-state index in [2.05, 4.69) is 10.2 Å². The number of hydrogen-bond acceptors (Lipinski definition) is 4. The number of hydrazone groups is 1. The molecule has 2 heterocycles. The quantitative estimate of drug-likeness (QED) is 0.393. The summed E-state index contributed by atoms with van der Waals surface area (Å²) in [4.78, 5) is 39.4. The first-order valence-corrected chi connectivity index (χ1v) is 10.8. The molecule has 0 radical (unpaired) electrons. The predicted molar refractivity (Wildman–Crippen MR) is 125 cm³/mol. The van der Waals surface area contributed by atoms with Crippen LogP contribution in [0.25, 0.3) is 16.5 Å². The monoisotopic (exact) mass is 436 g/mol. The fourth-order valence-corrected chi connectivity index (χ4v) is 4.81. The van der Waals surface area contributed by atoms with E-state index in [0.29, 0.717) is 22.5 Å². The van der Waals surface area contributed by atoms with Gasteiger partial charge in [0, 0.05) is 11.1 Å². The maximum Gasteiger partial charge on any atom is 0.282 e. The van der Waals surface area contributed by atoms with E-state index in [0.717, 1.165) is 34.2 Å². The van der Waals surface area contributed by atoms with Crippen LogP contribution in [0.1, 0.15) is 48.7 Å². The molecule has 0 saturated heterocycles. The predicted octanol–water partition coefficient (Wildman–Crippen LogP) is 3.66. The van der Waals surface area contributed by atoms with Gasteiger partial charge in [-0.25, -0.2) is 4.68 Å². The zero-order chi connectivity index (χ0) is 22.9. The highest BCUT2D eigenvalue weighted by Crippen LogP contribution is 2.38. The number of imide groups is 1. The summed E-state index contributed by atoms with van der Waals surface area (Å²) in [5.74, 6) is -0.960. The minimum atomic E-state index is -0.480. The number of nitrogens with zero attached hydrogens (tertiary/aromatic N) is 3. The summed E-state index contributed by atoms with van der Waals surface area (Å²) in [5, 5.41) is 9.82. The summed E-state index contributed by atoms with van der Waals surface area (Å²) < 4.78 is 1.42. The Morgan fingerprint density at radius 2 is 1.42 bits per heavy atom. The molecule has 162 valence electrons. The van der Waals surface area contributed by atoms with Crippen molar-refractivity contribution < 1.29 is 9.59 Å². The Labute approximate surface area is 188 Å². The Hall–Kier alpha value is -4.26. The number of H-pyrrole nitrogens is 1. The lowest BCUT2D eigenvalue weighted by atomic mass is 9.92. The highest BCUT2D eigenvalue weighted by Gasteiger charge is 2.35. The average molecular weight is 436 g/mol. The summed E-state index contributed by atoms with van der Waals surface area (Å²) in [6.07, 6.45) is 3.12. The van der Waals surface area contributed by atoms with Gasteiger partial charge in [-0.15, -0.1) is 0 Å². The van der Waals surface area contributed by atoms with Gasteiger partial charge < -0.3 is 0 Å². The van der Waals surface area contributed by atoms with E-state index < -0.39 is 11.8 Å². The van der Waals surface area contributed by atoms with Crippen molar-refractivity contribution >= 4 is 28.8 Å². The number of carbonyl (C=O) groups is 2. The second-order valence-corrected chi connectivity index (χ2v) is 8.59. The van der Waals surface area contributed by atoms with Crippen LogP contribution in [0.15, 0.2) is 58.4 Å². The first-order valence-electron chi connectivity index (χ1n) is 10.8. The number of hydrogen-bond donors (Lipinski definition) is 1. The van der Waals surface area contributed by atoms with Gasteiger partial charge in [0.2, 0.25) is 0 Å². The van der Waals surface area contributed by atoms with E-state index in [4.69, 9.17) is 0 Å². The van der Waals surface area contributed by atoms with Gasteiger partial charge in [0.15, 0.2) is 0 Å². The molecular weight excluding hydrogens is 416 g/mol. The van der Waals surface area contributed by atoms with Crippen LogP contribution in [0, 0.1) is 13.8 Å². The first kappa shape index (κ1) is 19.4. The Morgan fingerprint density at radius 3 is 2.03 bits per heavy atom. The van der Waals surface area contributed by atoms with Crippen LogP contribution in [0.3, 0.4) is 0 Å². The molecule has 4 aromatic rings. The molecule has 0 atom stereocenters. The van der Waals surface area contributed by atoms with Crippen molar-refractivity contribution in [3.05, 3.63) is 98.0 Å². The normalized spacial score (nSPS) is 14.8. The third-order valence-corrected chi connectivity index (χ3v) is 6.55. The molecular formula is C26H20N4O3. The molecule has 1 aliphatic heterocycles. The van der Waals surface area contributed by atoms with Crippen LogP contribution < -0.4 is 5.56 Å². The highest BCUT2D eigenvalue weighted by molar-refractivity contribution is 6.26. The van der Waals surface area contributed by atoms with Crippen LogP contribution >= 0.6 is 0 Å². The molecule has 0 saturated carbocycles. The Balaban J connectivity index is 1.41. The van der Waals surface area contributed by atoms with Gasteiger partial charge >= 0.3 is 0 Å². The number of aryl methyl sites for hydroxylation is 4. The molecule has 0 spiro atoms. The molecule has 0 unspecified atom stereocenters. The van der Waals surface area contributed by atoms with Crippen molar-refractivity contribution in [2.75, 3.05) is 0 Å². The molecule has 1 aromatic heterocycles. The Morgan fingerprint density at radius 1 is 0.818 bits per heavy atom. The van der Waals surface area contributed by atoms with Crippen molar-refractivity contribution in [3.63, 3.8) is 0 Å². The summed E-state index contributed by atoms with van der Waals surface area (Å²) in [7, 11) is 0. The number of nitrogens with one attached hydrogen (secondary N) is 1. The average Bonchev–Trinajstić information content (AvgIpc) is 3.36. The van der Waals surface area contributed by atoms with E-state index in [1.165, 1.54) is 22.0 Å². The lowest BCUT2D eigenvalue weighted by Gasteiger charge is -2.23. The maximum absolute atomic E-state index is 13.2. The van der Waals surface area contributed by atoms with E-state index in [9.17, 15) is 14.4 Å². The highest BCUT2D eigenvalue weighted by atomic mass is 16.2. The zero-order valence-corrected chi connectivity index (χ0v) is 18.2. The molecule has 1 N–H and O–H groups in total. The number of benzene rings is 3. The molecule has 3 aromatic carbocycles. The standard InChI is InChI=1S/C26H20N4O3/c1-14-3-9-18(10-4-14)29-26(33)21(15(2)28-29)13-27-30-24(31)19-11-7-16-5-6-17-8-12-20(25(30)32)23(19)22(16)17/h3-4,7-13,28H,5-6H2,1-2H3. The van der Waals surface area contributed by atoms with Crippen molar-refractivity contribution in [3.8, 4) is 5.69 Å². The van der Waals surface area contributed by atoms with Crippen LogP contribution in [0.5, 0.6) is 0 Å². The fraction of sp³-hybridized carbons (Fsp3) is 0.154. The number of carbonyl (C=O) groups excluding carboxylic acids is 2. The number of aromatic nitrogens is 2. The molecule has 1 aliphatic carbocycles. The smallest absolute Gasteiger partial charge is 0.282 e. The molecule has 0 bridgehead atoms. The van der Waals surface area contributed by atoms with Gasteiger partial charge in [-0.05, 0) is 67.5 Å². The van der Waals surface area contributed by atoms with Gasteiger partial charge in [-0.2, -0.15) is 10.1 Å². The topological polar surface area (TPSA) is 87.5 Å². The molecule has 2 aliphatic rings. The van der Waals surface area contributed by atoms with Crippen molar-refractivity contribution in [2.45, 2.75) is 26.7 Å². The van der Waals surface area contributed by atoms with Gasteiger partial charge in [-0.3, -0.25) is 19.5 Å². The van der Waals surface area contributed by atoms with Gasteiger partial charge in [0.1, 0.15) is 0 Å². The van der Waals surface area contributed by atoms with E-state index >= 15 is 0 Å². The number of rotatable bonds is 3. The SMILES string of the molecule is Cc1ccc(-n2[nH]c(C)c(C=NN3C(=O)c4ccc5c6c(ccc(c46)C3=O)CC5)c2=O)cc1. The van der Waals surface area contributed by atoms with Crippen LogP contribution in [-0.2, 0) is 12.8 Å². The minimum absolute atomic E-state index is 0.288. The summed E-state index contributed by atoms with van der Waals surface area (Å²) in [6, 6.07) is 15.0. The lowest BCUT2D eigenvalue weighted by Crippen LogP contribution is -2.36. The number of aromatic amines is 1. The molecule has 6 rings (SSSR count). The second-order valence-electron chi connectivity index (χ2n) is 8.59. The second kappa shape index (κ2) is 6.87. The number of amides is 2. The molecule has 7 nitrogen and oxygen atoms in total. The van der Waals surface area contributed by atoms with E-state index in [1.54, 1.807) is 19.1 Å². The van der Waals surface area contributed by atoms with Crippen molar-refractivity contribution in [1.29, 1.82) is 0 Å². The molecule has 33 heavy (non-hydrogen) atoms. The maximum atomic E-state index is 13.2. The Bertz CT molecular complexity index is 1530. The lowest BCUT2D eigenvalue weighted by molar-refractivity contribution is 0.0616. The van der Waals surface area contributed by atoms with Gasteiger partial charge in [0.25, 0.3) is 17.4 Å². The van der Waals surface area contributed by atoms with Crippen LogP contribution in [0.2, 0.25) is 0 Å². The third-order valence-electron chi connectivity index (χ3n) is 6.55. The van der Waals surface area contributed by atoms with Crippen molar-refractivity contribution in [1.82, 2.24) is 14.8 Å². The largest absolute Gasteiger partial charge is 0.295 e. The van der Waals surface area contributed by atoms with E-state index in [-0.39, 0.29) is 11.1 Å². The van der Waals surface area contributed by atoms with Gasteiger partial charge in [-0.1, -0.05) is 29.8 Å². The summed E-state index contributed by atoms with van der Waals surface area (Å²) >= 11 is 0. The van der Waals surface area contributed by atoms with Crippen LogP contribution in [-0.4, -0.2) is 32.8 Å². The third kappa shape index (κ3) is 2.75. The summed E-state index contributed by atoms with van der Waals surface area (Å²) in [6.45, 7) is 3.73. The molecule has 7 heteroatoms.